The lowest BCUT2D eigenvalue weighted by atomic mass is 10.1. The molecule has 0 saturated carbocycles. The van der Waals surface area contributed by atoms with Gasteiger partial charge in [-0.05, 0) is 36.1 Å². The molecule has 6 heteroatoms. The summed E-state index contributed by atoms with van der Waals surface area (Å²) in [6.45, 7) is 1.91. The molecule has 1 N–H and O–H groups in total. The maximum atomic E-state index is 11.9. The fraction of sp³-hybridized carbons (Fsp3) is 0.214. The van der Waals surface area contributed by atoms with Crippen molar-refractivity contribution in [3.8, 4) is 0 Å². The molecular weight excluding hydrogens is 333 g/mol. The summed E-state index contributed by atoms with van der Waals surface area (Å²) < 4.78 is 1.14. The van der Waals surface area contributed by atoms with E-state index in [0.717, 1.165) is 9.77 Å². The summed E-state index contributed by atoms with van der Waals surface area (Å²) in [5.74, 6) is 0.387. The van der Waals surface area contributed by atoms with Gasteiger partial charge in [0.25, 0.3) is 0 Å². The first-order chi connectivity index (χ1) is 9.56. The molecule has 1 aromatic heterocycles. The summed E-state index contributed by atoms with van der Waals surface area (Å²) in [5.41, 5.74) is 0.866. The lowest BCUT2D eigenvalue weighted by Gasteiger charge is -2.15. The molecule has 0 saturated heterocycles. The average molecular weight is 346 g/mol. The van der Waals surface area contributed by atoms with Gasteiger partial charge in [-0.25, -0.2) is 0 Å². The highest BCUT2D eigenvalue weighted by atomic mass is 35.5. The molecule has 0 aliphatic carbocycles. The summed E-state index contributed by atoms with van der Waals surface area (Å²) in [5, 5.41) is 6.09. The van der Waals surface area contributed by atoms with Crippen LogP contribution in [0.5, 0.6) is 0 Å². The van der Waals surface area contributed by atoms with E-state index < -0.39 is 0 Å². The van der Waals surface area contributed by atoms with E-state index in [1.807, 2.05) is 30.5 Å². The zero-order chi connectivity index (χ0) is 14.5. The average Bonchev–Trinajstić information content (AvgIpc) is 2.89. The zero-order valence-corrected chi connectivity index (χ0v) is 13.9. The Morgan fingerprint density at radius 1 is 1.40 bits per heavy atom. The highest BCUT2D eigenvalue weighted by Crippen LogP contribution is 2.27. The number of carbonyl (C=O) groups is 1. The third-order valence-electron chi connectivity index (χ3n) is 2.65. The van der Waals surface area contributed by atoms with Crippen LogP contribution in [0.3, 0.4) is 0 Å². The quantitative estimate of drug-likeness (QED) is 0.770. The molecule has 2 rings (SSSR count). The normalized spacial score (nSPS) is 12.2. The molecule has 1 unspecified atom stereocenters. The number of halogens is 2. The van der Waals surface area contributed by atoms with Gasteiger partial charge in [-0.3, -0.25) is 4.79 Å². The lowest BCUT2D eigenvalue weighted by molar-refractivity contribution is -0.119. The van der Waals surface area contributed by atoms with Crippen LogP contribution < -0.4 is 5.32 Å². The molecule has 1 aromatic carbocycles. The van der Waals surface area contributed by atoms with E-state index in [-0.39, 0.29) is 11.9 Å². The third kappa shape index (κ3) is 4.42. The Balaban J connectivity index is 1.90. The molecule has 0 aliphatic heterocycles. The Hall–Kier alpha value is -0.680. The molecule has 2 nitrogen and oxygen atoms in total. The Labute approximate surface area is 136 Å². The highest BCUT2D eigenvalue weighted by molar-refractivity contribution is 8.01. The largest absolute Gasteiger partial charge is 0.349 e. The van der Waals surface area contributed by atoms with Crippen LogP contribution in [0.4, 0.5) is 0 Å². The lowest BCUT2D eigenvalue weighted by Crippen LogP contribution is -2.28. The SMILES string of the molecule is CC(NC(=O)CSc1cccs1)c1ccc(Cl)cc1Cl. The number of thioether (sulfide) groups is 1. The number of carbonyl (C=O) groups excluding carboxylic acids is 1. The van der Waals surface area contributed by atoms with Gasteiger partial charge in [-0.2, -0.15) is 0 Å². The maximum absolute atomic E-state index is 11.9. The highest BCUT2D eigenvalue weighted by Gasteiger charge is 2.13. The van der Waals surface area contributed by atoms with Crippen molar-refractivity contribution in [2.75, 3.05) is 5.75 Å². The summed E-state index contributed by atoms with van der Waals surface area (Å²) in [7, 11) is 0. The standard InChI is InChI=1S/C14H13Cl2NOS2/c1-9(11-5-4-10(15)7-12(11)16)17-13(18)8-20-14-3-2-6-19-14/h2-7,9H,8H2,1H3,(H,17,18). The fourth-order valence-corrected chi connectivity index (χ4v) is 3.86. The van der Waals surface area contributed by atoms with E-state index in [1.165, 1.54) is 11.8 Å². The van der Waals surface area contributed by atoms with Crippen molar-refractivity contribution in [2.45, 2.75) is 17.2 Å². The molecule has 1 atom stereocenters. The minimum Gasteiger partial charge on any atom is -0.349 e. The molecule has 1 amide bonds. The molecule has 2 aromatic rings. The van der Waals surface area contributed by atoms with Crippen molar-refractivity contribution in [3.05, 3.63) is 51.3 Å². The second-order valence-electron chi connectivity index (χ2n) is 4.18. The number of hydrogen-bond acceptors (Lipinski definition) is 3. The molecule has 20 heavy (non-hydrogen) atoms. The van der Waals surface area contributed by atoms with Crippen molar-refractivity contribution in [3.63, 3.8) is 0 Å². The van der Waals surface area contributed by atoms with E-state index in [1.54, 1.807) is 23.5 Å². The van der Waals surface area contributed by atoms with Crippen LogP contribution in [0, 0.1) is 0 Å². The number of hydrogen-bond donors (Lipinski definition) is 1. The Kier molecular flexibility index (Phi) is 5.78. The van der Waals surface area contributed by atoms with Crippen LogP contribution in [0.1, 0.15) is 18.5 Å². The van der Waals surface area contributed by atoms with E-state index in [4.69, 9.17) is 23.2 Å². The van der Waals surface area contributed by atoms with Crippen LogP contribution in [0.2, 0.25) is 10.0 Å². The number of amides is 1. The van der Waals surface area contributed by atoms with E-state index in [0.29, 0.717) is 15.8 Å². The van der Waals surface area contributed by atoms with E-state index in [9.17, 15) is 4.79 Å². The smallest absolute Gasteiger partial charge is 0.230 e. The first kappa shape index (κ1) is 15.7. The van der Waals surface area contributed by atoms with Gasteiger partial charge in [0.2, 0.25) is 5.91 Å². The van der Waals surface area contributed by atoms with Gasteiger partial charge in [-0.15, -0.1) is 23.1 Å². The molecule has 106 valence electrons. The number of benzene rings is 1. The summed E-state index contributed by atoms with van der Waals surface area (Å²) in [4.78, 5) is 11.9. The van der Waals surface area contributed by atoms with Crippen molar-refractivity contribution in [2.24, 2.45) is 0 Å². The number of nitrogens with one attached hydrogen (secondary N) is 1. The van der Waals surface area contributed by atoms with Crippen LogP contribution in [-0.2, 0) is 4.79 Å². The van der Waals surface area contributed by atoms with Gasteiger partial charge in [0.05, 0.1) is 16.0 Å². The summed E-state index contributed by atoms with van der Waals surface area (Å²) >= 11 is 15.1. The molecular formula is C14H13Cl2NOS2. The minimum atomic E-state index is -0.142. The summed E-state index contributed by atoms with van der Waals surface area (Å²) in [6, 6.07) is 9.12. The Bertz CT molecular complexity index is 587. The van der Waals surface area contributed by atoms with Gasteiger partial charge in [0, 0.05) is 10.0 Å². The van der Waals surface area contributed by atoms with Gasteiger partial charge >= 0.3 is 0 Å². The van der Waals surface area contributed by atoms with Crippen LogP contribution >= 0.6 is 46.3 Å². The second-order valence-corrected chi connectivity index (χ2v) is 7.24. The minimum absolute atomic E-state index is 0.0121. The van der Waals surface area contributed by atoms with Gasteiger partial charge in [0.1, 0.15) is 0 Å². The van der Waals surface area contributed by atoms with Crippen molar-refractivity contribution < 1.29 is 4.79 Å². The van der Waals surface area contributed by atoms with Crippen LogP contribution in [0.25, 0.3) is 0 Å². The van der Waals surface area contributed by atoms with Crippen molar-refractivity contribution in [1.29, 1.82) is 0 Å². The Morgan fingerprint density at radius 3 is 2.85 bits per heavy atom. The first-order valence-electron chi connectivity index (χ1n) is 5.97. The molecule has 0 radical (unpaired) electrons. The van der Waals surface area contributed by atoms with E-state index >= 15 is 0 Å². The predicted molar refractivity (Wildman–Crippen MR) is 88.1 cm³/mol. The number of thiophene rings is 1. The number of rotatable bonds is 5. The maximum Gasteiger partial charge on any atom is 0.230 e. The predicted octanol–water partition coefficient (Wildman–Crippen LogP) is 5.02. The molecule has 0 fully saturated rings. The molecule has 0 bridgehead atoms. The van der Waals surface area contributed by atoms with E-state index in [2.05, 4.69) is 5.32 Å². The second kappa shape index (κ2) is 7.36. The monoisotopic (exact) mass is 345 g/mol. The molecule has 1 heterocycles. The zero-order valence-electron chi connectivity index (χ0n) is 10.7. The molecule has 0 spiro atoms. The van der Waals surface area contributed by atoms with Crippen molar-refractivity contribution >= 4 is 52.2 Å². The fourth-order valence-electron chi connectivity index (χ4n) is 1.70. The van der Waals surface area contributed by atoms with Crippen LogP contribution in [-0.4, -0.2) is 11.7 Å². The molecule has 0 aliphatic rings. The summed E-state index contributed by atoms with van der Waals surface area (Å²) in [6.07, 6.45) is 0. The van der Waals surface area contributed by atoms with Gasteiger partial charge < -0.3 is 5.32 Å². The van der Waals surface area contributed by atoms with Crippen LogP contribution in [0.15, 0.2) is 39.9 Å². The topological polar surface area (TPSA) is 29.1 Å². The Morgan fingerprint density at radius 2 is 2.20 bits per heavy atom. The van der Waals surface area contributed by atoms with Crippen molar-refractivity contribution in [1.82, 2.24) is 5.32 Å². The first-order valence-corrected chi connectivity index (χ1v) is 8.59. The van der Waals surface area contributed by atoms with Gasteiger partial charge in [-0.1, -0.05) is 35.3 Å². The third-order valence-corrected chi connectivity index (χ3v) is 5.34. The van der Waals surface area contributed by atoms with Gasteiger partial charge in [0.15, 0.2) is 0 Å².